The molecule has 0 atom stereocenters. The summed E-state index contributed by atoms with van der Waals surface area (Å²) in [5, 5.41) is 8.69. The SMILES string of the molecule is CC#CCCn1ccnc1C(=O)O. The minimum absolute atomic E-state index is 0.0675. The Morgan fingerprint density at radius 2 is 2.54 bits per heavy atom. The average molecular weight is 178 g/mol. The van der Waals surface area contributed by atoms with E-state index in [9.17, 15) is 4.79 Å². The first-order valence-corrected chi connectivity index (χ1v) is 3.89. The Kier molecular flexibility index (Phi) is 3.09. The van der Waals surface area contributed by atoms with Gasteiger partial charge in [-0.2, -0.15) is 0 Å². The Bertz CT molecular complexity index is 357. The maximum absolute atomic E-state index is 10.6. The Morgan fingerprint density at radius 3 is 3.15 bits per heavy atom. The van der Waals surface area contributed by atoms with Crippen LogP contribution in [0, 0.1) is 11.8 Å². The first-order valence-electron chi connectivity index (χ1n) is 3.89. The molecule has 0 unspecified atom stereocenters. The summed E-state index contributed by atoms with van der Waals surface area (Å²) < 4.78 is 1.58. The highest BCUT2D eigenvalue weighted by Gasteiger charge is 2.08. The van der Waals surface area contributed by atoms with Crippen molar-refractivity contribution in [3.8, 4) is 11.8 Å². The molecule has 4 nitrogen and oxygen atoms in total. The Morgan fingerprint density at radius 1 is 1.77 bits per heavy atom. The van der Waals surface area contributed by atoms with Gasteiger partial charge in [-0.25, -0.2) is 9.78 Å². The molecule has 1 aromatic rings. The van der Waals surface area contributed by atoms with Crippen molar-refractivity contribution in [2.24, 2.45) is 0 Å². The van der Waals surface area contributed by atoms with Gasteiger partial charge in [0.25, 0.3) is 0 Å². The zero-order valence-corrected chi connectivity index (χ0v) is 7.32. The molecule has 1 aromatic heterocycles. The number of carboxylic acid groups (broad SMARTS) is 1. The van der Waals surface area contributed by atoms with Crippen molar-refractivity contribution in [1.29, 1.82) is 0 Å². The molecule has 0 saturated heterocycles. The summed E-state index contributed by atoms with van der Waals surface area (Å²) in [6.45, 7) is 2.33. The lowest BCUT2D eigenvalue weighted by Crippen LogP contribution is -2.08. The first-order chi connectivity index (χ1) is 6.25. The van der Waals surface area contributed by atoms with Crippen LogP contribution in [0.5, 0.6) is 0 Å². The maximum atomic E-state index is 10.6. The van der Waals surface area contributed by atoms with E-state index < -0.39 is 5.97 Å². The summed E-state index contributed by atoms with van der Waals surface area (Å²) in [7, 11) is 0. The van der Waals surface area contributed by atoms with Gasteiger partial charge >= 0.3 is 5.97 Å². The van der Waals surface area contributed by atoms with Crippen LogP contribution < -0.4 is 0 Å². The lowest BCUT2D eigenvalue weighted by molar-refractivity contribution is 0.0678. The normalized spacial score (nSPS) is 9.00. The second kappa shape index (κ2) is 4.31. The van der Waals surface area contributed by atoms with E-state index in [1.165, 1.54) is 6.20 Å². The molecule has 1 N–H and O–H groups in total. The van der Waals surface area contributed by atoms with E-state index in [0.29, 0.717) is 13.0 Å². The van der Waals surface area contributed by atoms with Gasteiger partial charge < -0.3 is 9.67 Å². The zero-order chi connectivity index (χ0) is 9.68. The van der Waals surface area contributed by atoms with Crippen molar-refractivity contribution in [1.82, 2.24) is 9.55 Å². The van der Waals surface area contributed by atoms with E-state index >= 15 is 0 Å². The van der Waals surface area contributed by atoms with Crippen molar-refractivity contribution < 1.29 is 9.90 Å². The van der Waals surface area contributed by atoms with E-state index in [1.54, 1.807) is 17.7 Å². The number of imidazole rings is 1. The van der Waals surface area contributed by atoms with Crippen molar-refractivity contribution in [3.05, 3.63) is 18.2 Å². The lowest BCUT2D eigenvalue weighted by atomic mass is 10.4. The fraction of sp³-hybridized carbons (Fsp3) is 0.333. The van der Waals surface area contributed by atoms with Crippen molar-refractivity contribution in [2.75, 3.05) is 0 Å². The number of nitrogens with zero attached hydrogens (tertiary/aromatic N) is 2. The fourth-order valence-corrected chi connectivity index (χ4v) is 0.989. The van der Waals surface area contributed by atoms with Crippen LogP contribution in [-0.2, 0) is 6.54 Å². The molecular weight excluding hydrogens is 168 g/mol. The lowest BCUT2D eigenvalue weighted by Gasteiger charge is -2.00. The second-order valence-corrected chi connectivity index (χ2v) is 2.43. The highest BCUT2D eigenvalue weighted by atomic mass is 16.4. The predicted octanol–water partition coefficient (Wildman–Crippen LogP) is 0.995. The molecule has 68 valence electrons. The fourth-order valence-electron chi connectivity index (χ4n) is 0.989. The van der Waals surface area contributed by atoms with Crippen molar-refractivity contribution in [3.63, 3.8) is 0 Å². The van der Waals surface area contributed by atoms with Crippen LogP contribution in [0.1, 0.15) is 24.0 Å². The molecule has 1 rings (SSSR count). The number of aromatic carboxylic acids is 1. The number of aryl methyl sites for hydroxylation is 1. The molecule has 1 heterocycles. The van der Waals surface area contributed by atoms with Gasteiger partial charge in [-0.05, 0) is 6.92 Å². The molecule has 0 aliphatic rings. The summed E-state index contributed by atoms with van der Waals surface area (Å²) in [6, 6.07) is 0. The third-order valence-corrected chi connectivity index (χ3v) is 1.56. The minimum Gasteiger partial charge on any atom is -0.475 e. The number of aromatic nitrogens is 2. The van der Waals surface area contributed by atoms with Crippen LogP contribution in [0.3, 0.4) is 0 Å². The summed E-state index contributed by atoms with van der Waals surface area (Å²) >= 11 is 0. The van der Waals surface area contributed by atoms with Gasteiger partial charge in [0.05, 0.1) is 0 Å². The van der Waals surface area contributed by atoms with Crippen LogP contribution >= 0.6 is 0 Å². The van der Waals surface area contributed by atoms with Gasteiger partial charge in [-0.3, -0.25) is 0 Å². The number of rotatable bonds is 3. The summed E-state index contributed by atoms with van der Waals surface area (Å²) in [6.07, 6.45) is 3.76. The van der Waals surface area contributed by atoms with Gasteiger partial charge in [0, 0.05) is 25.4 Å². The molecule has 13 heavy (non-hydrogen) atoms. The Hall–Kier alpha value is -1.76. The number of carboxylic acids is 1. The Balaban J connectivity index is 2.69. The second-order valence-electron chi connectivity index (χ2n) is 2.43. The van der Waals surface area contributed by atoms with E-state index in [0.717, 1.165) is 0 Å². The van der Waals surface area contributed by atoms with Crippen LogP contribution in [0.15, 0.2) is 12.4 Å². The molecule has 0 spiro atoms. The van der Waals surface area contributed by atoms with Gasteiger partial charge in [-0.1, -0.05) is 0 Å². The largest absolute Gasteiger partial charge is 0.475 e. The van der Waals surface area contributed by atoms with Crippen molar-refractivity contribution in [2.45, 2.75) is 19.9 Å². The summed E-state index contributed by atoms with van der Waals surface area (Å²) in [5.41, 5.74) is 0. The summed E-state index contributed by atoms with van der Waals surface area (Å²) in [4.78, 5) is 14.3. The topological polar surface area (TPSA) is 55.1 Å². The zero-order valence-electron chi connectivity index (χ0n) is 7.32. The monoisotopic (exact) mass is 178 g/mol. The van der Waals surface area contributed by atoms with Crippen LogP contribution in [0.2, 0.25) is 0 Å². The molecular formula is C9H10N2O2. The number of hydrogen-bond acceptors (Lipinski definition) is 2. The molecule has 0 bridgehead atoms. The number of carbonyl (C=O) groups is 1. The molecule has 0 aliphatic heterocycles. The predicted molar refractivity (Wildman–Crippen MR) is 47.3 cm³/mol. The maximum Gasteiger partial charge on any atom is 0.372 e. The average Bonchev–Trinajstić information content (AvgIpc) is 2.53. The molecule has 0 aliphatic carbocycles. The van der Waals surface area contributed by atoms with Crippen LogP contribution in [0.4, 0.5) is 0 Å². The van der Waals surface area contributed by atoms with Gasteiger partial charge in [0.15, 0.2) is 0 Å². The van der Waals surface area contributed by atoms with Gasteiger partial charge in [0.2, 0.25) is 5.82 Å². The molecule has 0 amide bonds. The van der Waals surface area contributed by atoms with Crippen LogP contribution in [0.25, 0.3) is 0 Å². The van der Waals surface area contributed by atoms with E-state index in [-0.39, 0.29) is 5.82 Å². The molecule has 0 fully saturated rings. The smallest absolute Gasteiger partial charge is 0.372 e. The molecule has 0 radical (unpaired) electrons. The summed E-state index contributed by atoms with van der Waals surface area (Å²) in [5.74, 6) is 4.67. The highest BCUT2D eigenvalue weighted by molar-refractivity contribution is 5.83. The standard InChI is InChI=1S/C9H10N2O2/c1-2-3-4-6-11-7-5-10-8(11)9(12)13/h5,7H,4,6H2,1H3,(H,12,13). The van der Waals surface area contributed by atoms with E-state index in [4.69, 9.17) is 5.11 Å². The first kappa shape index (κ1) is 9.33. The van der Waals surface area contributed by atoms with E-state index in [1.807, 2.05) is 0 Å². The minimum atomic E-state index is -1.01. The third-order valence-electron chi connectivity index (χ3n) is 1.56. The van der Waals surface area contributed by atoms with Gasteiger partial charge in [0.1, 0.15) is 0 Å². The van der Waals surface area contributed by atoms with Gasteiger partial charge in [-0.15, -0.1) is 11.8 Å². The highest BCUT2D eigenvalue weighted by Crippen LogP contribution is 1.98. The molecule has 0 aromatic carbocycles. The van der Waals surface area contributed by atoms with E-state index in [2.05, 4.69) is 16.8 Å². The number of hydrogen-bond donors (Lipinski definition) is 1. The van der Waals surface area contributed by atoms with Crippen LogP contribution in [-0.4, -0.2) is 20.6 Å². The van der Waals surface area contributed by atoms with Crippen molar-refractivity contribution >= 4 is 5.97 Å². The Labute approximate surface area is 76.2 Å². The molecule has 4 heteroatoms. The molecule has 0 saturated carbocycles. The quantitative estimate of drug-likeness (QED) is 0.702. The third kappa shape index (κ3) is 2.34.